The van der Waals surface area contributed by atoms with E-state index in [4.69, 9.17) is 4.98 Å². The van der Waals surface area contributed by atoms with Gasteiger partial charge in [-0.15, -0.1) is 11.3 Å². The first-order valence-electron chi connectivity index (χ1n) is 7.21. The van der Waals surface area contributed by atoms with Crippen LogP contribution in [0, 0.1) is 0 Å². The third-order valence-electron chi connectivity index (χ3n) is 3.55. The van der Waals surface area contributed by atoms with Gasteiger partial charge in [0.15, 0.2) is 5.13 Å². The predicted molar refractivity (Wildman–Crippen MR) is 79.6 cm³/mol. The summed E-state index contributed by atoms with van der Waals surface area (Å²) in [4.78, 5) is 8.88. The molecule has 1 heterocycles. The van der Waals surface area contributed by atoms with Gasteiger partial charge < -0.3 is 10.2 Å². The van der Waals surface area contributed by atoms with Crippen LogP contribution in [-0.2, 0) is 6.42 Å². The normalized spacial score (nSPS) is 18.7. The van der Waals surface area contributed by atoms with E-state index in [9.17, 15) is 0 Å². The van der Waals surface area contributed by atoms with Crippen molar-refractivity contribution in [2.75, 3.05) is 25.0 Å². The van der Waals surface area contributed by atoms with Crippen molar-refractivity contribution >= 4 is 16.5 Å². The number of rotatable bonds is 6. The van der Waals surface area contributed by atoms with Crippen molar-refractivity contribution < 1.29 is 0 Å². The van der Waals surface area contributed by atoms with Gasteiger partial charge in [-0.1, -0.05) is 13.8 Å². The molecule has 0 amide bonds. The summed E-state index contributed by atoms with van der Waals surface area (Å²) in [5, 5.41) is 4.64. The quantitative estimate of drug-likeness (QED) is 0.856. The highest BCUT2D eigenvalue weighted by Gasteiger charge is 2.24. The average molecular weight is 267 g/mol. The summed E-state index contributed by atoms with van der Waals surface area (Å²) in [7, 11) is 2.05. The number of aryl methyl sites for hydroxylation is 1. The molecule has 0 aliphatic heterocycles. The largest absolute Gasteiger partial charge is 0.348 e. The molecule has 0 spiro atoms. The first-order valence-corrected chi connectivity index (χ1v) is 8.03. The van der Waals surface area contributed by atoms with E-state index in [1.165, 1.54) is 47.8 Å². The summed E-state index contributed by atoms with van der Waals surface area (Å²) < 4.78 is 0. The molecule has 2 rings (SSSR count). The molecular weight excluding hydrogens is 242 g/mol. The van der Waals surface area contributed by atoms with Gasteiger partial charge in [0, 0.05) is 18.0 Å². The first-order chi connectivity index (χ1) is 8.80. The van der Waals surface area contributed by atoms with Gasteiger partial charge in [-0.3, -0.25) is 0 Å². The lowest BCUT2D eigenvalue weighted by atomic mass is 9.98. The number of anilines is 1. The fraction of sp³-hybridized carbons (Fsp3) is 0.786. The van der Waals surface area contributed by atoms with Gasteiger partial charge in [0.2, 0.25) is 0 Å². The van der Waals surface area contributed by atoms with Crippen LogP contribution in [0.4, 0.5) is 5.13 Å². The summed E-state index contributed by atoms with van der Waals surface area (Å²) in [6.07, 6.45) is 6.13. The molecule has 0 radical (unpaired) electrons. The molecule has 0 bridgehead atoms. The summed E-state index contributed by atoms with van der Waals surface area (Å²) in [5.41, 5.74) is 1.32. The Bertz CT molecular complexity index is 369. The lowest BCUT2D eigenvalue weighted by Gasteiger charge is -2.20. The van der Waals surface area contributed by atoms with E-state index >= 15 is 0 Å². The lowest BCUT2D eigenvalue weighted by molar-refractivity contribution is 0.489. The molecule has 102 valence electrons. The summed E-state index contributed by atoms with van der Waals surface area (Å²) >= 11 is 1.92. The highest BCUT2D eigenvalue weighted by Crippen LogP contribution is 2.36. The fourth-order valence-electron chi connectivity index (χ4n) is 2.66. The van der Waals surface area contributed by atoms with E-state index in [-0.39, 0.29) is 0 Å². The Balaban J connectivity index is 2.21. The van der Waals surface area contributed by atoms with E-state index in [1.54, 1.807) is 0 Å². The molecule has 0 saturated heterocycles. The molecule has 0 aromatic carbocycles. The van der Waals surface area contributed by atoms with Gasteiger partial charge in [0.1, 0.15) is 0 Å². The zero-order chi connectivity index (χ0) is 13.0. The van der Waals surface area contributed by atoms with Gasteiger partial charge in [0.05, 0.1) is 11.7 Å². The molecule has 1 aliphatic carbocycles. The van der Waals surface area contributed by atoms with E-state index in [0.29, 0.717) is 6.04 Å². The standard InChI is InChI=1S/C14H25N3S/c1-4-9-17(10-5-2)14-16-13-11(15-3)7-6-8-12(13)18-14/h11,15H,4-10H2,1-3H3. The van der Waals surface area contributed by atoms with Gasteiger partial charge >= 0.3 is 0 Å². The number of hydrogen-bond acceptors (Lipinski definition) is 4. The molecule has 0 fully saturated rings. The topological polar surface area (TPSA) is 28.2 Å². The molecule has 0 saturated carbocycles. The van der Waals surface area contributed by atoms with Crippen molar-refractivity contribution in [1.29, 1.82) is 0 Å². The smallest absolute Gasteiger partial charge is 0.185 e. The molecule has 1 N–H and O–H groups in total. The Morgan fingerprint density at radius 2 is 2.06 bits per heavy atom. The highest BCUT2D eigenvalue weighted by molar-refractivity contribution is 7.15. The lowest BCUT2D eigenvalue weighted by Crippen LogP contribution is -2.25. The van der Waals surface area contributed by atoms with Crippen molar-refractivity contribution in [2.24, 2.45) is 0 Å². The van der Waals surface area contributed by atoms with Crippen LogP contribution in [0.1, 0.15) is 56.1 Å². The third-order valence-corrected chi connectivity index (χ3v) is 4.74. The maximum absolute atomic E-state index is 4.92. The molecule has 1 atom stereocenters. The van der Waals surface area contributed by atoms with Gasteiger partial charge in [0.25, 0.3) is 0 Å². The van der Waals surface area contributed by atoms with Gasteiger partial charge in [-0.05, 0) is 39.2 Å². The van der Waals surface area contributed by atoms with Crippen LogP contribution in [0.2, 0.25) is 0 Å². The fourth-order valence-corrected chi connectivity index (χ4v) is 3.88. The average Bonchev–Trinajstić information content (AvgIpc) is 2.82. The zero-order valence-corrected chi connectivity index (χ0v) is 12.6. The van der Waals surface area contributed by atoms with E-state index in [2.05, 4.69) is 31.1 Å². The Morgan fingerprint density at radius 1 is 1.33 bits per heavy atom. The number of hydrogen-bond donors (Lipinski definition) is 1. The Kier molecular flexibility index (Phi) is 5.01. The van der Waals surface area contributed by atoms with Crippen LogP contribution in [0.25, 0.3) is 0 Å². The molecule has 1 aromatic rings. The second kappa shape index (κ2) is 6.53. The van der Waals surface area contributed by atoms with Crippen LogP contribution in [0.15, 0.2) is 0 Å². The highest BCUT2D eigenvalue weighted by atomic mass is 32.1. The monoisotopic (exact) mass is 267 g/mol. The van der Waals surface area contributed by atoms with Gasteiger partial charge in [-0.2, -0.15) is 0 Å². The van der Waals surface area contributed by atoms with Crippen LogP contribution in [0.3, 0.4) is 0 Å². The molecule has 3 nitrogen and oxygen atoms in total. The Hall–Kier alpha value is -0.610. The van der Waals surface area contributed by atoms with E-state index < -0.39 is 0 Å². The summed E-state index contributed by atoms with van der Waals surface area (Å²) in [5.74, 6) is 0. The second-order valence-electron chi connectivity index (χ2n) is 5.03. The summed E-state index contributed by atoms with van der Waals surface area (Å²) in [6, 6.07) is 0.476. The second-order valence-corrected chi connectivity index (χ2v) is 6.09. The number of nitrogens with one attached hydrogen (secondary N) is 1. The van der Waals surface area contributed by atoms with Gasteiger partial charge in [-0.25, -0.2) is 4.98 Å². The summed E-state index contributed by atoms with van der Waals surface area (Å²) in [6.45, 7) is 6.74. The number of thiazole rings is 1. The number of fused-ring (bicyclic) bond motifs is 1. The van der Waals surface area contributed by atoms with Crippen LogP contribution < -0.4 is 10.2 Å². The Labute approximate surface area is 115 Å². The van der Waals surface area contributed by atoms with Crippen molar-refractivity contribution in [3.8, 4) is 0 Å². The number of aromatic nitrogens is 1. The molecular formula is C14H25N3S. The predicted octanol–water partition coefficient (Wildman–Crippen LogP) is 3.37. The Morgan fingerprint density at radius 3 is 2.67 bits per heavy atom. The van der Waals surface area contributed by atoms with E-state index in [1.807, 2.05) is 11.3 Å². The molecule has 18 heavy (non-hydrogen) atoms. The third kappa shape index (κ3) is 2.86. The maximum Gasteiger partial charge on any atom is 0.185 e. The molecule has 1 unspecified atom stereocenters. The minimum absolute atomic E-state index is 0.476. The van der Waals surface area contributed by atoms with Crippen LogP contribution >= 0.6 is 11.3 Å². The zero-order valence-electron chi connectivity index (χ0n) is 11.8. The molecule has 1 aliphatic rings. The minimum Gasteiger partial charge on any atom is -0.348 e. The first kappa shape index (κ1) is 13.8. The van der Waals surface area contributed by atoms with E-state index in [0.717, 1.165) is 13.1 Å². The SMILES string of the molecule is CCCN(CCC)c1nc2c(s1)CCCC2NC. The van der Waals surface area contributed by atoms with Crippen LogP contribution in [0.5, 0.6) is 0 Å². The van der Waals surface area contributed by atoms with Crippen molar-refractivity contribution in [3.05, 3.63) is 10.6 Å². The molecule has 1 aromatic heterocycles. The van der Waals surface area contributed by atoms with Crippen molar-refractivity contribution in [2.45, 2.75) is 52.0 Å². The van der Waals surface area contributed by atoms with Crippen molar-refractivity contribution in [3.63, 3.8) is 0 Å². The maximum atomic E-state index is 4.92. The van der Waals surface area contributed by atoms with Crippen molar-refractivity contribution in [1.82, 2.24) is 10.3 Å². The number of nitrogens with zero attached hydrogens (tertiary/aromatic N) is 2. The molecule has 4 heteroatoms. The minimum atomic E-state index is 0.476. The van der Waals surface area contributed by atoms with Crippen LogP contribution in [-0.4, -0.2) is 25.1 Å².